The third-order valence-corrected chi connectivity index (χ3v) is 6.85. The van der Waals surface area contributed by atoms with E-state index >= 15 is 0 Å². The number of anilines is 2. The minimum atomic E-state index is -0.876. The lowest BCUT2D eigenvalue weighted by atomic mass is 10.0. The lowest BCUT2D eigenvalue weighted by Gasteiger charge is -2.19. The number of carbonyl (C=O) groups excluding carboxylic acids is 1. The molecule has 0 radical (unpaired) electrons. The van der Waals surface area contributed by atoms with Gasteiger partial charge >= 0.3 is 6.09 Å². The summed E-state index contributed by atoms with van der Waals surface area (Å²) in [7, 11) is 3.52. The van der Waals surface area contributed by atoms with Gasteiger partial charge in [-0.2, -0.15) is 4.98 Å². The Morgan fingerprint density at radius 2 is 1.91 bits per heavy atom. The molecule has 2 aliphatic rings. The lowest BCUT2D eigenvalue weighted by Crippen LogP contribution is -2.26. The molecule has 34 heavy (non-hydrogen) atoms. The van der Waals surface area contributed by atoms with Gasteiger partial charge in [0.05, 0.1) is 0 Å². The first-order valence-electron chi connectivity index (χ1n) is 11.7. The van der Waals surface area contributed by atoms with Crippen molar-refractivity contribution in [1.29, 1.82) is 0 Å². The van der Waals surface area contributed by atoms with Crippen LogP contribution in [-0.2, 0) is 0 Å². The molecule has 4 heterocycles. The van der Waals surface area contributed by atoms with Crippen LogP contribution in [0.2, 0.25) is 0 Å². The van der Waals surface area contributed by atoms with Gasteiger partial charge in [0.15, 0.2) is 0 Å². The quantitative estimate of drug-likeness (QED) is 0.590. The highest BCUT2D eigenvalue weighted by Crippen LogP contribution is 2.35. The summed E-state index contributed by atoms with van der Waals surface area (Å²) in [5, 5.41) is 13.2. The van der Waals surface area contributed by atoms with Crippen LogP contribution in [0.5, 0.6) is 0 Å². The highest BCUT2D eigenvalue weighted by Gasteiger charge is 2.28. The normalized spacial score (nSPS) is 18.5. The highest BCUT2D eigenvalue weighted by molar-refractivity contribution is 5.97. The maximum atomic E-state index is 12.9. The fourth-order valence-electron chi connectivity index (χ4n) is 5.04. The molecular weight excluding hydrogens is 434 g/mol. The number of amides is 2. The van der Waals surface area contributed by atoms with E-state index in [9.17, 15) is 14.7 Å². The zero-order valence-corrected chi connectivity index (χ0v) is 19.4. The number of fused-ring (bicyclic) bond motifs is 1. The van der Waals surface area contributed by atoms with Gasteiger partial charge in [0.2, 0.25) is 5.95 Å². The Morgan fingerprint density at radius 1 is 1.12 bits per heavy atom. The van der Waals surface area contributed by atoms with E-state index in [1.165, 1.54) is 4.90 Å². The average Bonchev–Trinajstić information content (AvgIpc) is 3.58. The van der Waals surface area contributed by atoms with Crippen molar-refractivity contribution in [2.45, 2.75) is 44.1 Å². The van der Waals surface area contributed by atoms with Crippen LogP contribution in [0.15, 0.2) is 30.6 Å². The van der Waals surface area contributed by atoms with Crippen molar-refractivity contribution in [3.63, 3.8) is 0 Å². The monoisotopic (exact) mass is 463 g/mol. The molecule has 2 amide bonds. The van der Waals surface area contributed by atoms with Crippen LogP contribution in [0.1, 0.15) is 60.1 Å². The molecule has 2 N–H and O–H groups in total. The van der Waals surface area contributed by atoms with Crippen molar-refractivity contribution < 1.29 is 14.7 Å². The van der Waals surface area contributed by atoms with Crippen molar-refractivity contribution in [3.8, 4) is 0 Å². The summed E-state index contributed by atoms with van der Waals surface area (Å²) < 4.78 is 2.09. The molecule has 0 spiro atoms. The van der Waals surface area contributed by atoms with E-state index in [0.717, 1.165) is 48.7 Å². The summed E-state index contributed by atoms with van der Waals surface area (Å²) in [6, 6.07) is 5.98. The van der Waals surface area contributed by atoms with Crippen LogP contribution >= 0.6 is 0 Å². The van der Waals surface area contributed by atoms with Gasteiger partial charge in [0, 0.05) is 56.9 Å². The number of rotatable bonds is 5. The number of aromatic nitrogens is 4. The van der Waals surface area contributed by atoms with Gasteiger partial charge in [0.25, 0.3) is 5.91 Å². The summed E-state index contributed by atoms with van der Waals surface area (Å²) in [5.41, 5.74) is 2.42. The predicted molar refractivity (Wildman–Crippen MR) is 128 cm³/mol. The molecule has 1 saturated heterocycles. The zero-order chi connectivity index (χ0) is 23.8. The summed E-state index contributed by atoms with van der Waals surface area (Å²) in [4.78, 5) is 40.8. The molecule has 3 aromatic heterocycles. The molecule has 10 heteroatoms. The number of likely N-dealkylation sites (tertiary alicyclic amines) is 1. The van der Waals surface area contributed by atoms with Crippen LogP contribution in [0, 0.1) is 0 Å². The van der Waals surface area contributed by atoms with Gasteiger partial charge in [-0.25, -0.2) is 14.8 Å². The number of nitrogens with zero attached hydrogens (tertiary/aromatic N) is 6. The highest BCUT2D eigenvalue weighted by atomic mass is 16.4. The van der Waals surface area contributed by atoms with Crippen molar-refractivity contribution >= 4 is 34.8 Å². The number of nitrogens with one attached hydrogen (secondary N) is 1. The van der Waals surface area contributed by atoms with E-state index in [1.54, 1.807) is 31.4 Å². The molecular formula is C24H29N7O3. The Bertz CT molecular complexity index is 1220. The molecule has 1 unspecified atom stereocenters. The predicted octanol–water partition coefficient (Wildman–Crippen LogP) is 3.85. The Kier molecular flexibility index (Phi) is 5.80. The molecule has 1 aliphatic carbocycles. The molecule has 2 fully saturated rings. The third-order valence-electron chi connectivity index (χ3n) is 6.85. The minimum Gasteiger partial charge on any atom is -0.465 e. The van der Waals surface area contributed by atoms with Gasteiger partial charge in [-0.05, 0) is 37.0 Å². The second-order valence-electron chi connectivity index (χ2n) is 9.33. The van der Waals surface area contributed by atoms with Gasteiger partial charge in [-0.1, -0.05) is 18.9 Å². The minimum absolute atomic E-state index is 0.0370. The van der Waals surface area contributed by atoms with Gasteiger partial charge in [-0.15, -0.1) is 0 Å². The molecule has 0 bridgehead atoms. The van der Waals surface area contributed by atoms with Crippen LogP contribution in [0.25, 0.3) is 11.0 Å². The van der Waals surface area contributed by atoms with E-state index in [0.29, 0.717) is 30.5 Å². The molecule has 1 saturated carbocycles. The van der Waals surface area contributed by atoms with Gasteiger partial charge in [0.1, 0.15) is 17.2 Å². The van der Waals surface area contributed by atoms with Crippen LogP contribution in [0.3, 0.4) is 0 Å². The SMILES string of the molecule is CN(C)C(=O)c1cc2cnc(Nc3ccc(C4CCN(C(=O)O)C4)cn3)nc2n1C1CCCC1. The molecule has 3 aromatic rings. The molecule has 178 valence electrons. The zero-order valence-electron chi connectivity index (χ0n) is 19.4. The molecule has 10 nitrogen and oxygen atoms in total. The van der Waals surface area contributed by atoms with E-state index in [1.807, 2.05) is 18.2 Å². The number of hydrogen-bond donors (Lipinski definition) is 2. The number of carbonyl (C=O) groups is 2. The first kappa shape index (κ1) is 22.1. The van der Waals surface area contributed by atoms with Gasteiger partial charge in [-0.3, -0.25) is 4.79 Å². The van der Waals surface area contributed by atoms with Crippen molar-refractivity contribution in [2.24, 2.45) is 0 Å². The van der Waals surface area contributed by atoms with Gasteiger partial charge < -0.3 is 24.8 Å². The Labute approximate surface area is 197 Å². The number of hydrogen-bond acceptors (Lipinski definition) is 6. The Hall–Kier alpha value is -3.69. The topological polar surface area (TPSA) is 116 Å². The third kappa shape index (κ3) is 4.15. The standard InChI is InChI=1S/C24H29N7O3/c1-29(2)22(32)19-11-17-13-26-23(28-21(17)31(19)18-5-3-4-6-18)27-20-8-7-15(12-25-20)16-9-10-30(14-16)24(33)34/h7-8,11-13,16,18H,3-6,9-10,14H2,1-2H3,(H,33,34)(H,25,26,27,28). The second kappa shape index (κ2) is 8.92. The van der Waals surface area contributed by atoms with Crippen LogP contribution < -0.4 is 5.32 Å². The summed E-state index contributed by atoms with van der Waals surface area (Å²) in [6.07, 6.45) is 7.82. The lowest BCUT2D eigenvalue weighted by molar-refractivity contribution is 0.0815. The van der Waals surface area contributed by atoms with E-state index < -0.39 is 6.09 Å². The van der Waals surface area contributed by atoms with Crippen LogP contribution in [-0.4, -0.2) is 73.6 Å². The summed E-state index contributed by atoms with van der Waals surface area (Å²) in [6.45, 7) is 1.04. The van der Waals surface area contributed by atoms with Crippen LogP contribution in [0.4, 0.5) is 16.6 Å². The summed E-state index contributed by atoms with van der Waals surface area (Å²) >= 11 is 0. The fraction of sp³-hybridized carbons (Fsp3) is 0.458. The van der Waals surface area contributed by atoms with Crippen molar-refractivity contribution in [3.05, 3.63) is 41.9 Å². The maximum absolute atomic E-state index is 12.9. The fourth-order valence-corrected chi connectivity index (χ4v) is 5.04. The molecule has 1 aliphatic heterocycles. The van der Waals surface area contributed by atoms with E-state index in [4.69, 9.17) is 4.98 Å². The van der Waals surface area contributed by atoms with E-state index in [-0.39, 0.29) is 17.9 Å². The van der Waals surface area contributed by atoms with Crippen molar-refractivity contribution in [1.82, 2.24) is 29.3 Å². The Morgan fingerprint density at radius 3 is 2.56 bits per heavy atom. The largest absolute Gasteiger partial charge is 0.465 e. The number of pyridine rings is 1. The van der Waals surface area contributed by atoms with Crippen molar-refractivity contribution in [2.75, 3.05) is 32.5 Å². The Balaban J connectivity index is 1.39. The molecule has 5 rings (SSSR count). The smallest absolute Gasteiger partial charge is 0.407 e. The first-order valence-corrected chi connectivity index (χ1v) is 11.7. The van der Waals surface area contributed by atoms with E-state index in [2.05, 4.69) is 19.9 Å². The molecule has 1 atom stereocenters. The molecule has 0 aromatic carbocycles. The summed E-state index contributed by atoms with van der Waals surface area (Å²) in [5.74, 6) is 1.16. The first-order chi connectivity index (χ1) is 16.4. The maximum Gasteiger partial charge on any atom is 0.407 e. The number of carboxylic acid groups (broad SMARTS) is 1. The second-order valence-corrected chi connectivity index (χ2v) is 9.33. The average molecular weight is 464 g/mol.